The van der Waals surface area contributed by atoms with Crippen LogP contribution >= 0.6 is 0 Å². The highest BCUT2D eigenvalue weighted by Gasteiger charge is 2.07. The SMILES string of the molecule is Cc1nc(Nc2cccc(NC(=O)OCC(C)C)c2)cc(-c2ccccc2)n1. The molecule has 2 aromatic carbocycles. The minimum absolute atomic E-state index is 0.290. The number of benzene rings is 2. The van der Waals surface area contributed by atoms with Crippen molar-refractivity contribution in [1.29, 1.82) is 0 Å². The Labute approximate surface area is 165 Å². The van der Waals surface area contributed by atoms with Crippen LogP contribution < -0.4 is 10.6 Å². The summed E-state index contributed by atoms with van der Waals surface area (Å²) < 4.78 is 5.15. The number of aromatic nitrogens is 2. The number of hydrogen-bond acceptors (Lipinski definition) is 5. The highest BCUT2D eigenvalue weighted by molar-refractivity contribution is 5.85. The van der Waals surface area contributed by atoms with E-state index in [1.165, 1.54) is 0 Å². The fourth-order valence-electron chi connectivity index (χ4n) is 2.61. The van der Waals surface area contributed by atoms with Gasteiger partial charge in [0.05, 0.1) is 12.3 Å². The predicted molar refractivity (Wildman–Crippen MR) is 112 cm³/mol. The second kappa shape index (κ2) is 8.99. The van der Waals surface area contributed by atoms with Crippen LogP contribution in [0.25, 0.3) is 11.3 Å². The molecule has 0 atom stereocenters. The number of carbonyl (C=O) groups excluding carboxylic acids is 1. The molecule has 1 amide bonds. The van der Waals surface area contributed by atoms with Gasteiger partial charge in [0.15, 0.2) is 0 Å². The number of amides is 1. The average Bonchev–Trinajstić information content (AvgIpc) is 2.67. The summed E-state index contributed by atoms with van der Waals surface area (Å²) in [4.78, 5) is 20.8. The molecular formula is C22H24N4O2. The zero-order chi connectivity index (χ0) is 19.9. The zero-order valence-electron chi connectivity index (χ0n) is 16.3. The zero-order valence-corrected chi connectivity index (χ0v) is 16.3. The second-order valence-electron chi connectivity index (χ2n) is 6.87. The lowest BCUT2D eigenvalue weighted by Gasteiger charge is -2.11. The fourth-order valence-corrected chi connectivity index (χ4v) is 2.61. The van der Waals surface area contributed by atoms with Crippen molar-refractivity contribution in [1.82, 2.24) is 9.97 Å². The standard InChI is InChI=1S/C22H24N4O2/c1-15(2)14-28-22(27)26-19-11-7-10-18(12-19)25-21-13-20(23-16(3)24-21)17-8-5-4-6-9-17/h4-13,15H,14H2,1-3H3,(H,26,27)(H,23,24,25). The van der Waals surface area contributed by atoms with Crippen molar-refractivity contribution in [3.05, 3.63) is 66.5 Å². The summed E-state index contributed by atoms with van der Waals surface area (Å²) in [5.41, 5.74) is 3.33. The molecule has 1 heterocycles. The fraction of sp³-hybridized carbons (Fsp3) is 0.227. The molecule has 0 saturated heterocycles. The third-order valence-electron chi connectivity index (χ3n) is 3.84. The Hall–Kier alpha value is -3.41. The second-order valence-corrected chi connectivity index (χ2v) is 6.87. The summed E-state index contributed by atoms with van der Waals surface area (Å²) in [6.45, 7) is 6.23. The van der Waals surface area contributed by atoms with E-state index in [0.29, 0.717) is 29.9 Å². The number of hydrogen-bond donors (Lipinski definition) is 2. The molecule has 6 nitrogen and oxygen atoms in total. The van der Waals surface area contributed by atoms with Crippen molar-refractivity contribution in [2.24, 2.45) is 5.92 Å². The summed E-state index contributed by atoms with van der Waals surface area (Å²) in [6.07, 6.45) is -0.463. The van der Waals surface area contributed by atoms with E-state index in [1.54, 1.807) is 0 Å². The largest absolute Gasteiger partial charge is 0.449 e. The first-order chi connectivity index (χ1) is 13.5. The number of aryl methyl sites for hydroxylation is 1. The monoisotopic (exact) mass is 376 g/mol. The van der Waals surface area contributed by atoms with Crippen LogP contribution in [0.1, 0.15) is 19.7 Å². The van der Waals surface area contributed by atoms with Gasteiger partial charge in [-0.1, -0.05) is 50.2 Å². The van der Waals surface area contributed by atoms with Crippen molar-refractivity contribution in [2.75, 3.05) is 17.2 Å². The van der Waals surface area contributed by atoms with E-state index in [2.05, 4.69) is 20.6 Å². The van der Waals surface area contributed by atoms with E-state index in [-0.39, 0.29) is 0 Å². The van der Waals surface area contributed by atoms with E-state index >= 15 is 0 Å². The van der Waals surface area contributed by atoms with Gasteiger partial charge in [0.25, 0.3) is 0 Å². The molecular weight excluding hydrogens is 352 g/mol. The maximum atomic E-state index is 11.9. The summed E-state index contributed by atoms with van der Waals surface area (Å²) >= 11 is 0. The Morgan fingerprint density at radius 1 is 1.00 bits per heavy atom. The van der Waals surface area contributed by atoms with E-state index in [1.807, 2.05) is 81.4 Å². The first kappa shape index (κ1) is 19.4. The minimum atomic E-state index is -0.463. The van der Waals surface area contributed by atoms with Crippen LogP contribution in [0.4, 0.5) is 22.0 Å². The summed E-state index contributed by atoms with van der Waals surface area (Å²) in [6, 6.07) is 19.3. The molecule has 0 aliphatic rings. The molecule has 0 spiro atoms. The highest BCUT2D eigenvalue weighted by Crippen LogP contribution is 2.23. The molecule has 144 valence electrons. The lowest BCUT2D eigenvalue weighted by Crippen LogP contribution is -2.16. The summed E-state index contributed by atoms with van der Waals surface area (Å²) in [5, 5.41) is 6.01. The number of anilines is 3. The van der Waals surface area contributed by atoms with Crippen molar-refractivity contribution in [2.45, 2.75) is 20.8 Å². The van der Waals surface area contributed by atoms with Gasteiger partial charge >= 0.3 is 6.09 Å². The number of nitrogens with one attached hydrogen (secondary N) is 2. The van der Waals surface area contributed by atoms with Gasteiger partial charge < -0.3 is 10.1 Å². The molecule has 0 unspecified atom stereocenters. The molecule has 0 aliphatic carbocycles. The lowest BCUT2D eigenvalue weighted by atomic mass is 10.1. The third kappa shape index (κ3) is 5.54. The van der Waals surface area contributed by atoms with Crippen molar-refractivity contribution in [3.63, 3.8) is 0 Å². The Morgan fingerprint density at radius 3 is 2.50 bits per heavy atom. The molecule has 0 saturated carbocycles. The first-order valence-corrected chi connectivity index (χ1v) is 9.21. The summed E-state index contributed by atoms with van der Waals surface area (Å²) in [5.74, 6) is 1.65. The molecule has 0 fully saturated rings. The predicted octanol–water partition coefficient (Wildman–Crippen LogP) is 5.40. The van der Waals surface area contributed by atoms with E-state index in [0.717, 1.165) is 16.9 Å². The Bertz CT molecular complexity index is 942. The molecule has 0 aliphatic heterocycles. The number of rotatable bonds is 6. The number of ether oxygens (including phenoxy) is 1. The molecule has 3 aromatic rings. The van der Waals surface area contributed by atoms with Gasteiger partial charge in [-0.15, -0.1) is 0 Å². The Kier molecular flexibility index (Phi) is 6.22. The highest BCUT2D eigenvalue weighted by atomic mass is 16.5. The van der Waals surface area contributed by atoms with Crippen LogP contribution in [0.5, 0.6) is 0 Å². The Balaban J connectivity index is 1.74. The molecule has 2 N–H and O–H groups in total. The minimum Gasteiger partial charge on any atom is -0.449 e. The average molecular weight is 376 g/mol. The maximum absolute atomic E-state index is 11.9. The van der Waals surface area contributed by atoms with Gasteiger partial charge in [-0.05, 0) is 31.0 Å². The van der Waals surface area contributed by atoms with Crippen LogP contribution in [0, 0.1) is 12.8 Å². The summed E-state index contributed by atoms with van der Waals surface area (Å²) in [7, 11) is 0. The number of carbonyl (C=O) groups is 1. The molecule has 1 aromatic heterocycles. The first-order valence-electron chi connectivity index (χ1n) is 9.21. The van der Waals surface area contributed by atoms with Crippen molar-refractivity contribution < 1.29 is 9.53 Å². The van der Waals surface area contributed by atoms with Crippen LogP contribution in [0.15, 0.2) is 60.7 Å². The van der Waals surface area contributed by atoms with E-state index < -0.39 is 6.09 Å². The van der Waals surface area contributed by atoms with Crippen LogP contribution in [0.2, 0.25) is 0 Å². The van der Waals surface area contributed by atoms with Gasteiger partial charge in [0.1, 0.15) is 11.6 Å². The molecule has 28 heavy (non-hydrogen) atoms. The normalized spacial score (nSPS) is 10.6. The van der Waals surface area contributed by atoms with Crippen LogP contribution in [-0.2, 0) is 4.74 Å². The lowest BCUT2D eigenvalue weighted by molar-refractivity contribution is 0.147. The topological polar surface area (TPSA) is 76.1 Å². The van der Waals surface area contributed by atoms with Gasteiger partial charge in [-0.25, -0.2) is 14.8 Å². The Morgan fingerprint density at radius 2 is 1.75 bits per heavy atom. The molecule has 0 bridgehead atoms. The molecule has 6 heteroatoms. The number of nitrogens with zero attached hydrogens (tertiary/aromatic N) is 2. The van der Waals surface area contributed by atoms with E-state index in [9.17, 15) is 4.79 Å². The van der Waals surface area contributed by atoms with Crippen molar-refractivity contribution in [3.8, 4) is 11.3 Å². The van der Waals surface area contributed by atoms with Crippen molar-refractivity contribution >= 4 is 23.3 Å². The van der Waals surface area contributed by atoms with Gasteiger partial charge in [0, 0.05) is 23.0 Å². The van der Waals surface area contributed by atoms with E-state index in [4.69, 9.17) is 4.74 Å². The quantitative estimate of drug-likeness (QED) is 0.602. The molecule has 0 radical (unpaired) electrons. The third-order valence-corrected chi connectivity index (χ3v) is 3.84. The van der Waals surface area contributed by atoms with Crippen LogP contribution in [0.3, 0.4) is 0 Å². The van der Waals surface area contributed by atoms with Gasteiger partial charge in [0.2, 0.25) is 0 Å². The molecule has 3 rings (SSSR count). The van der Waals surface area contributed by atoms with Gasteiger partial charge in [-0.3, -0.25) is 5.32 Å². The van der Waals surface area contributed by atoms with Crippen LogP contribution in [-0.4, -0.2) is 22.7 Å². The maximum Gasteiger partial charge on any atom is 0.411 e. The smallest absolute Gasteiger partial charge is 0.411 e. The van der Waals surface area contributed by atoms with Gasteiger partial charge in [-0.2, -0.15) is 0 Å².